The van der Waals surface area contributed by atoms with Crippen LogP contribution in [-0.2, 0) is 9.53 Å². The maximum absolute atomic E-state index is 11.2. The van der Waals surface area contributed by atoms with E-state index in [4.69, 9.17) is 10.5 Å². The molecule has 0 rings (SSSR count). The van der Waals surface area contributed by atoms with E-state index < -0.39 is 0 Å². The van der Waals surface area contributed by atoms with E-state index in [9.17, 15) is 4.79 Å². The first-order valence-corrected chi connectivity index (χ1v) is 7.76. The van der Waals surface area contributed by atoms with E-state index in [0.717, 1.165) is 19.4 Å². The first kappa shape index (κ1) is 18.4. The number of rotatable bonds is 13. The molecule has 0 aromatic heterocycles. The van der Waals surface area contributed by atoms with Gasteiger partial charge in [0.1, 0.15) is 0 Å². The van der Waals surface area contributed by atoms with Gasteiger partial charge in [0.2, 0.25) is 5.91 Å². The highest BCUT2D eigenvalue weighted by Gasteiger charge is 2.14. The molecule has 4 heteroatoms. The number of ether oxygens (including phenoxy) is 1. The Bertz CT molecular complexity index is 222. The molecule has 0 spiro atoms. The van der Waals surface area contributed by atoms with Gasteiger partial charge in [-0.15, -0.1) is 0 Å². The van der Waals surface area contributed by atoms with Crippen LogP contribution in [0.25, 0.3) is 0 Å². The van der Waals surface area contributed by atoms with Crippen molar-refractivity contribution in [3.63, 3.8) is 0 Å². The topological polar surface area (TPSA) is 64.3 Å². The molecule has 0 aliphatic carbocycles. The van der Waals surface area contributed by atoms with Crippen molar-refractivity contribution in [2.24, 2.45) is 5.73 Å². The summed E-state index contributed by atoms with van der Waals surface area (Å²) in [7, 11) is 0. The van der Waals surface area contributed by atoms with Gasteiger partial charge in [-0.25, -0.2) is 0 Å². The third-order valence-electron chi connectivity index (χ3n) is 3.26. The van der Waals surface area contributed by atoms with E-state index >= 15 is 0 Å². The molecule has 0 heterocycles. The number of nitrogens with two attached hydrogens (primary N) is 1. The smallest absolute Gasteiger partial charge is 0.234 e. The van der Waals surface area contributed by atoms with Crippen molar-refractivity contribution in [2.45, 2.75) is 77.9 Å². The third kappa shape index (κ3) is 11.0. The second-order valence-corrected chi connectivity index (χ2v) is 5.23. The highest BCUT2D eigenvalue weighted by atomic mass is 16.5. The van der Waals surface area contributed by atoms with Gasteiger partial charge >= 0.3 is 0 Å². The number of primary amides is 1. The van der Waals surface area contributed by atoms with Gasteiger partial charge in [0.15, 0.2) is 0 Å². The van der Waals surface area contributed by atoms with Gasteiger partial charge in [0.25, 0.3) is 0 Å². The van der Waals surface area contributed by atoms with E-state index in [0.29, 0.717) is 13.0 Å². The van der Waals surface area contributed by atoms with Crippen LogP contribution in [0.3, 0.4) is 0 Å². The SMILES string of the molecule is CCCCCCC(C)OCCC(NCCC)C(N)=O. The fourth-order valence-electron chi connectivity index (χ4n) is 1.99. The molecule has 2 atom stereocenters. The van der Waals surface area contributed by atoms with Crippen LogP contribution in [0.1, 0.15) is 65.7 Å². The van der Waals surface area contributed by atoms with Gasteiger partial charge in [-0.3, -0.25) is 4.79 Å². The molecule has 0 radical (unpaired) electrons. The Kier molecular flexibility index (Phi) is 12.0. The van der Waals surface area contributed by atoms with Gasteiger partial charge in [0, 0.05) is 6.61 Å². The average molecular weight is 272 g/mol. The van der Waals surface area contributed by atoms with Crippen molar-refractivity contribution in [1.82, 2.24) is 5.32 Å². The van der Waals surface area contributed by atoms with E-state index in [1.165, 1.54) is 25.7 Å². The fourth-order valence-corrected chi connectivity index (χ4v) is 1.99. The molecule has 1 amide bonds. The summed E-state index contributed by atoms with van der Waals surface area (Å²) in [4.78, 5) is 11.2. The Balaban J connectivity index is 3.64. The Labute approximate surface area is 118 Å². The summed E-state index contributed by atoms with van der Waals surface area (Å²) in [6.07, 6.45) is 8.11. The summed E-state index contributed by atoms with van der Waals surface area (Å²) in [6, 6.07) is -0.257. The largest absolute Gasteiger partial charge is 0.378 e. The Morgan fingerprint density at radius 2 is 1.89 bits per heavy atom. The van der Waals surface area contributed by atoms with Crippen LogP contribution in [-0.4, -0.2) is 31.2 Å². The molecule has 0 aromatic rings. The Morgan fingerprint density at radius 3 is 2.47 bits per heavy atom. The molecule has 4 nitrogen and oxygen atoms in total. The number of unbranched alkanes of at least 4 members (excludes halogenated alkanes) is 3. The van der Waals surface area contributed by atoms with E-state index in [1.54, 1.807) is 0 Å². The van der Waals surface area contributed by atoms with Crippen LogP contribution < -0.4 is 11.1 Å². The van der Waals surface area contributed by atoms with Crippen LogP contribution in [0.5, 0.6) is 0 Å². The first-order valence-electron chi connectivity index (χ1n) is 7.76. The van der Waals surface area contributed by atoms with Gasteiger partial charge in [-0.2, -0.15) is 0 Å². The molecule has 0 aromatic carbocycles. The van der Waals surface area contributed by atoms with Crippen molar-refractivity contribution < 1.29 is 9.53 Å². The zero-order valence-corrected chi connectivity index (χ0v) is 12.9. The van der Waals surface area contributed by atoms with Crippen LogP contribution >= 0.6 is 0 Å². The van der Waals surface area contributed by atoms with Gasteiger partial charge in [-0.05, 0) is 32.7 Å². The second kappa shape index (κ2) is 12.4. The quantitative estimate of drug-likeness (QED) is 0.507. The fraction of sp³-hybridized carbons (Fsp3) is 0.933. The number of hydrogen-bond acceptors (Lipinski definition) is 3. The summed E-state index contributed by atoms with van der Waals surface area (Å²) < 4.78 is 5.74. The van der Waals surface area contributed by atoms with Crippen molar-refractivity contribution in [3.05, 3.63) is 0 Å². The second-order valence-electron chi connectivity index (χ2n) is 5.23. The zero-order valence-electron chi connectivity index (χ0n) is 12.9. The average Bonchev–Trinajstić information content (AvgIpc) is 2.38. The molecular formula is C15H32N2O2. The van der Waals surface area contributed by atoms with Crippen molar-refractivity contribution in [2.75, 3.05) is 13.2 Å². The number of nitrogens with one attached hydrogen (secondary N) is 1. The lowest BCUT2D eigenvalue weighted by molar-refractivity contribution is -0.120. The Morgan fingerprint density at radius 1 is 1.16 bits per heavy atom. The Hall–Kier alpha value is -0.610. The summed E-state index contributed by atoms with van der Waals surface area (Å²) >= 11 is 0. The lowest BCUT2D eigenvalue weighted by Crippen LogP contribution is -2.42. The number of amides is 1. The molecular weight excluding hydrogens is 240 g/mol. The molecule has 0 fully saturated rings. The lowest BCUT2D eigenvalue weighted by atomic mass is 10.1. The predicted octanol–water partition coefficient (Wildman–Crippen LogP) is 2.61. The zero-order chi connectivity index (χ0) is 14.5. The lowest BCUT2D eigenvalue weighted by Gasteiger charge is -2.17. The molecule has 0 saturated heterocycles. The summed E-state index contributed by atoms with van der Waals surface area (Å²) in [5.41, 5.74) is 5.35. The number of hydrogen-bond donors (Lipinski definition) is 2. The monoisotopic (exact) mass is 272 g/mol. The molecule has 2 unspecified atom stereocenters. The van der Waals surface area contributed by atoms with Crippen molar-refractivity contribution >= 4 is 5.91 Å². The van der Waals surface area contributed by atoms with Crippen LogP contribution in [0.15, 0.2) is 0 Å². The van der Waals surface area contributed by atoms with E-state index in [1.807, 2.05) is 0 Å². The molecule has 0 saturated carbocycles. The highest BCUT2D eigenvalue weighted by Crippen LogP contribution is 2.08. The predicted molar refractivity (Wildman–Crippen MR) is 80.1 cm³/mol. The van der Waals surface area contributed by atoms with Gasteiger partial charge < -0.3 is 15.8 Å². The molecule has 114 valence electrons. The maximum Gasteiger partial charge on any atom is 0.234 e. The minimum absolute atomic E-state index is 0.257. The van der Waals surface area contributed by atoms with Crippen LogP contribution in [0.4, 0.5) is 0 Å². The minimum atomic E-state index is -0.285. The molecule has 3 N–H and O–H groups in total. The molecule has 0 aliphatic heterocycles. The summed E-state index contributed by atoms with van der Waals surface area (Å²) in [5.74, 6) is -0.285. The van der Waals surface area contributed by atoms with E-state index in [-0.39, 0.29) is 18.1 Å². The van der Waals surface area contributed by atoms with Crippen LogP contribution in [0.2, 0.25) is 0 Å². The van der Waals surface area contributed by atoms with Crippen LogP contribution in [0, 0.1) is 0 Å². The first-order chi connectivity index (χ1) is 9.11. The minimum Gasteiger partial charge on any atom is -0.378 e. The molecule has 19 heavy (non-hydrogen) atoms. The van der Waals surface area contributed by atoms with Gasteiger partial charge in [-0.1, -0.05) is 39.5 Å². The van der Waals surface area contributed by atoms with Crippen molar-refractivity contribution in [3.8, 4) is 0 Å². The van der Waals surface area contributed by atoms with Gasteiger partial charge in [0.05, 0.1) is 12.1 Å². The van der Waals surface area contributed by atoms with E-state index in [2.05, 4.69) is 26.1 Å². The summed E-state index contributed by atoms with van der Waals surface area (Å²) in [5, 5.41) is 3.15. The maximum atomic E-state index is 11.2. The number of carbonyl (C=O) groups is 1. The highest BCUT2D eigenvalue weighted by molar-refractivity contribution is 5.79. The third-order valence-corrected chi connectivity index (χ3v) is 3.26. The summed E-state index contributed by atoms with van der Waals surface area (Å²) in [6.45, 7) is 7.80. The number of carbonyl (C=O) groups excluding carboxylic acids is 1. The van der Waals surface area contributed by atoms with Crippen molar-refractivity contribution in [1.29, 1.82) is 0 Å². The molecule has 0 bridgehead atoms. The molecule has 0 aliphatic rings. The standard InChI is InChI=1S/C15H32N2O2/c1-4-6-7-8-9-13(3)19-12-10-14(15(16)18)17-11-5-2/h13-14,17H,4-12H2,1-3H3,(H2,16,18). The normalized spacial score (nSPS) is 14.3.